The van der Waals surface area contributed by atoms with Crippen molar-refractivity contribution in [1.82, 2.24) is 0 Å². The largest absolute Gasteiger partial charge is 0.343 e. The van der Waals surface area contributed by atoms with Gasteiger partial charge in [-0.1, -0.05) is 32.6 Å². The molecule has 0 spiro atoms. The Balaban J connectivity index is 2.21. The van der Waals surface area contributed by atoms with Crippen LogP contribution in [0.25, 0.3) is 0 Å². The van der Waals surface area contributed by atoms with Gasteiger partial charge in [0, 0.05) is 6.42 Å². The van der Waals surface area contributed by atoms with Crippen LogP contribution in [0.1, 0.15) is 61.5 Å². The number of hydrogen-bond acceptors (Lipinski definition) is 5. The van der Waals surface area contributed by atoms with Crippen LogP contribution < -0.4 is 0 Å². The van der Waals surface area contributed by atoms with Gasteiger partial charge in [0.05, 0.1) is 33.0 Å². The number of halogens is 1. The molecule has 0 N–H and O–H groups in total. The summed E-state index contributed by atoms with van der Waals surface area (Å²) in [4.78, 5) is 0.728. The number of nitrogens with zero attached hydrogens (tertiary/aromatic N) is 2. The van der Waals surface area contributed by atoms with E-state index in [-0.39, 0.29) is 0 Å². The molecule has 1 aromatic rings. The zero-order valence-electron chi connectivity index (χ0n) is 12.7. The van der Waals surface area contributed by atoms with E-state index < -0.39 is 5.79 Å². The van der Waals surface area contributed by atoms with E-state index in [1.807, 2.05) is 0 Å². The quantitative estimate of drug-likeness (QED) is 0.634. The van der Waals surface area contributed by atoms with E-state index in [1.54, 1.807) is 0 Å². The highest BCUT2D eigenvalue weighted by Gasteiger charge is 2.42. The fourth-order valence-corrected chi connectivity index (χ4v) is 4.51. The number of unbranched alkanes of at least 4 members (excludes halogenated alkanes) is 4. The smallest absolute Gasteiger partial charge is 0.205 e. The van der Waals surface area contributed by atoms with E-state index in [2.05, 4.69) is 35.0 Å². The second kappa shape index (κ2) is 8.08. The van der Waals surface area contributed by atoms with Gasteiger partial charge in [0.1, 0.15) is 12.1 Å². The van der Waals surface area contributed by atoms with Crippen molar-refractivity contribution in [1.29, 1.82) is 10.5 Å². The summed E-state index contributed by atoms with van der Waals surface area (Å²) < 4.78 is 12.5. The summed E-state index contributed by atoms with van der Waals surface area (Å²) in [5.74, 6) is -0.848. The van der Waals surface area contributed by atoms with Gasteiger partial charge in [0.2, 0.25) is 5.79 Å². The second-order valence-corrected chi connectivity index (χ2v) is 7.63. The van der Waals surface area contributed by atoms with Gasteiger partial charge in [-0.05, 0) is 22.4 Å². The molecule has 1 aromatic heterocycles. The lowest BCUT2D eigenvalue weighted by Crippen LogP contribution is -2.27. The minimum atomic E-state index is -0.848. The topological polar surface area (TPSA) is 66.0 Å². The fraction of sp³-hybridized carbons (Fsp3) is 0.625. The van der Waals surface area contributed by atoms with Crippen LogP contribution in [0.15, 0.2) is 3.79 Å². The lowest BCUT2D eigenvalue weighted by Gasteiger charge is -2.26. The van der Waals surface area contributed by atoms with Crippen LogP contribution in [-0.4, -0.2) is 13.2 Å². The van der Waals surface area contributed by atoms with E-state index in [0.29, 0.717) is 28.1 Å². The fourth-order valence-electron chi connectivity index (χ4n) is 2.68. The molecule has 1 fully saturated rings. The molecule has 0 aromatic carbocycles. The van der Waals surface area contributed by atoms with Gasteiger partial charge in [-0.2, -0.15) is 10.5 Å². The maximum Gasteiger partial charge on any atom is 0.205 e. The lowest BCUT2D eigenvalue weighted by molar-refractivity contribution is -0.169. The number of nitriles is 2. The summed E-state index contributed by atoms with van der Waals surface area (Å²) in [6.45, 7) is 3.24. The average molecular weight is 383 g/mol. The Labute approximate surface area is 143 Å². The highest BCUT2D eigenvalue weighted by Crippen LogP contribution is 2.45. The lowest BCUT2D eigenvalue weighted by atomic mass is 10.0. The third-order valence-electron chi connectivity index (χ3n) is 3.80. The van der Waals surface area contributed by atoms with Crippen LogP contribution in [0.3, 0.4) is 0 Å². The first-order chi connectivity index (χ1) is 10.7. The first kappa shape index (κ1) is 17.4. The molecule has 4 nitrogen and oxygen atoms in total. The van der Waals surface area contributed by atoms with Gasteiger partial charge in [-0.25, -0.2) is 0 Å². The van der Waals surface area contributed by atoms with E-state index >= 15 is 0 Å². The molecule has 0 bridgehead atoms. The first-order valence-electron chi connectivity index (χ1n) is 7.59. The molecule has 6 heteroatoms. The van der Waals surface area contributed by atoms with E-state index in [4.69, 9.17) is 9.47 Å². The molecule has 0 aliphatic carbocycles. The molecule has 0 atom stereocenters. The van der Waals surface area contributed by atoms with Crippen molar-refractivity contribution in [3.63, 3.8) is 0 Å². The van der Waals surface area contributed by atoms with Crippen LogP contribution >= 0.6 is 27.3 Å². The molecule has 1 aliphatic rings. The van der Waals surface area contributed by atoms with Crippen LogP contribution in [0.2, 0.25) is 0 Å². The van der Waals surface area contributed by atoms with Crippen molar-refractivity contribution >= 4 is 27.3 Å². The second-order valence-electron chi connectivity index (χ2n) is 5.29. The minimum absolute atomic E-state index is 0.381. The molecule has 0 unspecified atom stereocenters. The molecular weight excluding hydrogens is 364 g/mol. The van der Waals surface area contributed by atoms with Gasteiger partial charge in [0.15, 0.2) is 0 Å². The summed E-state index contributed by atoms with van der Waals surface area (Å²) in [5, 5.41) is 18.7. The predicted molar refractivity (Wildman–Crippen MR) is 88.4 cm³/mol. The van der Waals surface area contributed by atoms with Crippen molar-refractivity contribution in [3.8, 4) is 12.1 Å². The molecule has 1 aliphatic heterocycles. The van der Waals surface area contributed by atoms with Gasteiger partial charge < -0.3 is 9.47 Å². The number of thiophene rings is 1. The Kier molecular flexibility index (Phi) is 6.40. The van der Waals surface area contributed by atoms with Crippen molar-refractivity contribution in [2.45, 2.75) is 51.2 Å². The summed E-state index contributed by atoms with van der Waals surface area (Å²) in [7, 11) is 0. The minimum Gasteiger partial charge on any atom is -0.343 e. The molecule has 0 amide bonds. The van der Waals surface area contributed by atoms with E-state index in [0.717, 1.165) is 24.1 Å². The number of rotatable bonds is 7. The molecule has 1 saturated heterocycles. The Hall–Kier alpha value is -0.920. The van der Waals surface area contributed by atoms with Crippen LogP contribution in [0.4, 0.5) is 0 Å². The predicted octanol–water partition coefficient (Wildman–Crippen LogP) is 4.81. The SMILES string of the molecule is CCCCCCCC1(c2sc(Br)c(C#N)c2C#N)OCCO1. The number of ether oxygens (including phenoxy) is 2. The van der Waals surface area contributed by atoms with E-state index in [1.165, 1.54) is 30.6 Å². The molecule has 22 heavy (non-hydrogen) atoms. The first-order valence-corrected chi connectivity index (χ1v) is 9.20. The van der Waals surface area contributed by atoms with Gasteiger partial charge >= 0.3 is 0 Å². The molecule has 0 radical (unpaired) electrons. The maximum atomic E-state index is 9.43. The third kappa shape index (κ3) is 3.52. The Morgan fingerprint density at radius 3 is 2.32 bits per heavy atom. The molecular formula is C16H19BrN2O2S. The van der Waals surface area contributed by atoms with Crippen LogP contribution in [0.5, 0.6) is 0 Å². The van der Waals surface area contributed by atoms with E-state index in [9.17, 15) is 10.5 Å². The zero-order chi connectivity index (χ0) is 16.0. The average Bonchev–Trinajstić information content (AvgIpc) is 3.11. The monoisotopic (exact) mass is 382 g/mol. The van der Waals surface area contributed by atoms with Crippen LogP contribution in [-0.2, 0) is 15.3 Å². The molecule has 2 heterocycles. The van der Waals surface area contributed by atoms with Crippen molar-refractivity contribution < 1.29 is 9.47 Å². The van der Waals surface area contributed by atoms with Crippen molar-refractivity contribution in [2.75, 3.05) is 13.2 Å². The standard InChI is InChI=1S/C16H19BrN2O2S/c1-2-3-4-5-6-7-16(20-8-9-21-16)14-12(10-18)13(11-19)15(17)22-14/h2-9H2,1H3. The summed E-state index contributed by atoms with van der Waals surface area (Å²) >= 11 is 4.75. The Bertz CT molecular complexity index is 595. The highest BCUT2D eigenvalue weighted by atomic mass is 79.9. The van der Waals surface area contributed by atoms with Gasteiger partial charge in [-0.3, -0.25) is 0 Å². The van der Waals surface area contributed by atoms with Crippen molar-refractivity contribution in [3.05, 3.63) is 19.8 Å². The summed E-state index contributed by atoms with van der Waals surface area (Å²) in [6.07, 6.45) is 6.49. The van der Waals surface area contributed by atoms with Gasteiger partial charge in [-0.15, -0.1) is 11.3 Å². The molecule has 0 saturated carbocycles. The maximum absolute atomic E-state index is 9.43. The number of hydrogen-bond donors (Lipinski definition) is 0. The Morgan fingerprint density at radius 2 is 1.73 bits per heavy atom. The molecule has 118 valence electrons. The van der Waals surface area contributed by atoms with Crippen molar-refractivity contribution in [2.24, 2.45) is 0 Å². The highest BCUT2D eigenvalue weighted by molar-refractivity contribution is 9.11. The molecule has 2 rings (SSSR count). The summed E-state index contributed by atoms with van der Waals surface area (Å²) in [5.41, 5.74) is 0.766. The Morgan fingerprint density at radius 1 is 1.09 bits per heavy atom. The van der Waals surface area contributed by atoms with Crippen LogP contribution in [0, 0.1) is 22.7 Å². The summed E-state index contributed by atoms with van der Waals surface area (Å²) in [6, 6.07) is 4.24. The third-order valence-corrected chi connectivity index (χ3v) is 5.78. The van der Waals surface area contributed by atoms with Gasteiger partial charge in [0.25, 0.3) is 0 Å². The zero-order valence-corrected chi connectivity index (χ0v) is 15.1. The normalized spacial score (nSPS) is 16.4.